The standard InChI is InChI=1S/C22H22INO6/c23-16-11-13(5-8-17(16)26)22(28)21-15-7-6-14(29-10-2-9-25)12-19(15)30-18(21)3-1-4-20(24)27/h5-8,11-12,25-26H,1-4,9-10H2,(H2,24,27). The number of phenols is 1. The third kappa shape index (κ3) is 5.11. The molecule has 0 atom stereocenters. The van der Waals surface area contributed by atoms with Crippen LogP contribution in [0.2, 0.25) is 0 Å². The average Bonchev–Trinajstić information content (AvgIpc) is 3.07. The Morgan fingerprint density at radius 1 is 1.13 bits per heavy atom. The Hall–Kier alpha value is -2.59. The lowest BCUT2D eigenvalue weighted by Gasteiger charge is -2.06. The summed E-state index contributed by atoms with van der Waals surface area (Å²) in [4.78, 5) is 24.4. The molecule has 0 aliphatic rings. The number of halogens is 1. The van der Waals surface area contributed by atoms with Gasteiger partial charge in [-0.1, -0.05) is 0 Å². The van der Waals surface area contributed by atoms with Crippen molar-refractivity contribution in [2.24, 2.45) is 5.73 Å². The van der Waals surface area contributed by atoms with Crippen LogP contribution < -0.4 is 10.5 Å². The molecular formula is C22H22INO6. The molecule has 0 aliphatic carbocycles. The molecule has 0 fully saturated rings. The Morgan fingerprint density at radius 2 is 1.93 bits per heavy atom. The fraction of sp³-hybridized carbons (Fsp3) is 0.273. The van der Waals surface area contributed by atoms with Gasteiger partial charge in [-0.25, -0.2) is 0 Å². The van der Waals surface area contributed by atoms with E-state index in [1.165, 1.54) is 6.07 Å². The number of rotatable bonds is 10. The summed E-state index contributed by atoms with van der Waals surface area (Å²) in [6.07, 6.45) is 1.55. The van der Waals surface area contributed by atoms with Crippen LogP contribution in [-0.2, 0) is 11.2 Å². The minimum atomic E-state index is -0.411. The predicted octanol–water partition coefficient (Wildman–Crippen LogP) is 3.54. The number of benzene rings is 2. The topological polar surface area (TPSA) is 123 Å². The number of hydrogen-bond donors (Lipinski definition) is 3. The molecule has 7 nitrogen and oxygen atoms in total. The number of furan rings is 1. The molecule has 3 rings (SSSR count). The van der Waals surface area contributed by atoms with Crippen molar-refractivity contribution >= 4 is 45.3 Å². The summed E-state index contributed by atoms with van der Waals surface area (Å²) >= 11 is 1.97. The molecule has 158 valence electrons. The van der Waals surface area contributed by atoms with Crippen molar-refractivity contribution in [2.75, 3.05) is 13.2 Å². The number of ether oxygens (including phenoxy) is 1. The number of aromatic hydroxyl groups is 1. The first-order chi connectivity index (χ1) is 14.4. The minimum Gasteiger partial charge on any atom is -0.507 e. The van der Waals surface area contributed by atoms with Crippen LogP contribution in [0, 0.1) is 3.57 Å². The second-order valence-corrected chi connectivity index (χ2v) is 7.96. The number of aryl methyl sites for hydroxylation is 1. The van der Waals surface area contributed by atoms with Gasteiger partial charge in [0, 0.05) is 42.9 Å². The summed E-state index contributed by atoms with van der Waals surface area (Å²) in [6.45, 7) is 0.406. The maximum Gasteiger partial charge on any atom is 0.217 e. The zero-order chi connectivity index (χ0) is 21.7. The van der Waals surface area contributed by atoms with Crippen LogP contribution in [0.25, 0.3) is 11.0 Å². The first kappa shape index (κ1) is 22.1. The third-order valence-electron chi connectivity index (χ3n) is 4.57. The SMILES string of the molecule is NC(=O)CCCc1oc2cc(OCCCO)ccc2c1C(=O)c1ccc(O)c(I)c1. The van der Waals surface area contributed by atoms with Crippen molar-refractivity contribution in [3.05, 3.63) is 56.9 Å². The number of carbonyl (C=O) groups excluding carboxylic acids is 2. The van der Waals surface area contributed by atoms with E-state index in [2.05, 4.69) is 0 Å². The Bertz CT molecular complexity index is 1070. The van der Waals surface area contributed by atoms with E-state index in [1.807, 2.05) is 22.6 Å². The second kappa shape index (κ2) is 9.94. The van der Waals surface area contributed by atoms with Gasteiger partial charge < -0.3 is 25.1 Å². The van der Waals surface area contributed by atoms with Crippen LogP contribution in [0.3, 0.4) is 0 Å². The number of amides is 1. The van der Waals surface area contributed by atoms with Crippen LogP contribution in [-0.4, -0.2) is 35.1 Å². The third-order valence-corrected chi connectivity index (χ3v) is 5.43. The molecule has 1 amide bonds. The summed E-state index contributed by atoms with van der Waals surface area (Å²) in [6, 6.07) is 9.90. The van der Waals surface area contributed by atoms with Gasteiger partial charge in [0.1, 0.15) is 22.8 Å². The minimum absolute atomic E-state index is 0.0388. The van der Waals surface area contributed by atoms with E-state index < -0.39 is 5.91 Å². The van der Waals surface area contributed by atoms with Crippen molar-refractivity contribution < 1.29 is 29.0 Å². The Morgan fingerprint density at radius 3 is 2.63 bits per heavy atom. The summed E-state index contributed by atoms with van der Waals surface area (Å²) in [7, 11) is 0. The molecule has 0 aliphatic heterocycles. The number of aliphatic hydroxyl groups is 1. The van der Waals surface area contributed by atoms with Crippen molar-refractivity contribution in [2.45, 2.75) is 25.7 Å². The molecule has 1 heterocycles. The van der Waals surface area contributed by atoms with E-state index in [0.717, 1.165) is 0 Å². The van der Waals surface area contributed by atoms with Crippen LogP contribution in [0.4, 0.5) is 0 Å². The van der Waals surface area contributed by atoms with Gasteiger partial charge in [0.25, 0.3) is 0 Å². The largest absolute Gasteiger partial charge is 0.507 e. The van der Waals surface area contributed by atoms with Crippen LogP contribution >= 0.6 is 22.6 Å². The molecule has 3 aromatic rings. The van der Waals surface area contributed by atoms with Crippen molar-refractivity contribution in [1.82, 2.24) is 0 Å². The number of aliphatic hydroxyl groups excluding tert-OH is 1. The fourth-order valence-corrected chi connectivity index (χ4v) is 3.63. The molecule has 2 aromatic carbocycles. The maximum atomic E-state index is 13.3. The van der Waals surface area contributed by atoms with Gasteiger partial charge in [0.2, 0.25) is 5.91 Å². The van der Waals surface area contributed by atoms with E-state index in [0.29, 0.717) is 63.0 Å². The lowest BCUT2D eigenvalue weighted by Crippen LogP contribution is -2.10. The number of nitrogens with two attached hydrogens (primary N) is 1. The molecule has 0 saturated carbocycles. The molecule has 0 spiro atoms. The van der Waals surface area contributed by atoms with Crippen molar-refractivity contribution in [3.8, 4) is 11.5 Å². The molecular weight excluding hydrogens is 501 g/mol. The van der Waals surface area contributed by atoms with Gasteiger partial charge in [0.05, 0.1) is 15.7 Å². The summed E-state index contributed by atoms with van der Waals surface area (Å²) in [5.41, 5.74) is 6.59. The van der Waals surface area contributed by atoms with Crippen molar-refractivity contribution in [1.29, 1.82) is 0 Å². The Kier molecular flexibility index (Phi) is 7.33. The monoisotopic (exact) mass is 523 g/mol. The second-order valence-electron chi connectivity index (χ2n) is 6.80. The zero-order valence-corrected chi connectivity index (χ0v) is 18.3. The molecule has 4 N–H and O–H groups in total. The first-order valence-corrected chi connectivity index (χ1v) is 10.6. The quantitative estimate of drug-likeness (QED) is 0.212. The normalized spacial score (nSPS) is 11.0. The Labute approximate surface area is 187 Å². The molecule has 30 heavy (non-hydrogen) atoms. The highest BCUT2D eigenvalue weighted by Crippen LogP contribution is 2.33. The fourth-order valence-electron chi connectivity index (χ4n) is 3.11. The van der Waals surface area contributed by atoms with Gasteiger partial charge in [-0.05, 0) is 59.3 Å². The maximum absolute atomic E-state index is 13.3. The van der Waals surface area contributed by atoms with Crippen molar-refractivity contribution in [3.63, 3.8) is 0 Å². The number of hydrogen-bond acceptors (Lipinski definition) is 6. The van der Waals surface area contributed by atoms with Gasteiger partial charge in [0.15, 0.2) is 5.78 Å². The highest BCUT2D eigenvalue weighted by molar-refractivity contribution is 14.1. The average molecular weight is 523 g/mol. The molecule has 0 radical (unpaired) electrons. The van der Waals surface area contributed by atoms with Crippen LogP contribution in [0.5, 0.6) is 11.5 Å². The zero-order valence-electron chi connectivity index (χ0n) is 16.2. The molecule has 1 aromatic heterocycles. The van der Waals surface area contributed by atoms with Gasteiger partial charge in [-0.15, -0.1) is 0 Å². The van der Waals surface area contributed by atoms with E-state index >= 15 is 0 Å². The van der Waals surface area contributed by atoms with Gasteiger partial charge >= 0.3 is 0 Å². The highest BCUT2D eigenvalue weighted by Gasteiger charge is 2.23. The van der Waals surface area contributed by atoms with Gasteiger partial charge in [-0.2, -0.15) is 0 Å². The number of primary amides is 1. The molecule has 0 saturated heterocycles. The van der Waals surface area contributed by atoms with E-state index in [9.17, 15) is 14.7 Å². The first-order valence-electron chi connectivity index (χ1n) is 9.51. The summed E-state index contributed by atoms with van der Waals surface area (Å²) < 4.78 is 12.1. The molecule has 0 bridgehead atoms. The van der Waals surface area contributed by atoms with Crippen LogP contribution in [0.15, 0.2) is 40.8 Å². The lowest BCUT2D eigenvalue weighted by atomic mass is 9.98. The summed E-state index contributed by atoms with van der Waals surface area (Å²) in [5, 5.41) is 19.3. The van der Waals surface area contributed by atoms with Gasteiger partial charge in [-0.3, -0.25) is 9.59 Å². The number of fused-ring (bicyclic) bond motifs is 1. The van der Waals surface area contributed by atoms with Crippen LogP contribution in [0.1, 0.15) is 40.9 Å². The molecule has 0 unspecified atom stereocenters. The highest BCUT2D eigenvalue weighted by atomic mass is 127. The number of carbonyl (C=O) groups is 2. The smallest absolute Gasteiger partial charge is 0.217 e. The lowest BCUT2D eigenvalue weighted by molar-refractivity contribution is -0.118. The summed E-state index contributed by atoms with van der Waals surface area (Å²) in [5.74, 6) is 0.523. The Balaban J connectivity index is 2.00. The predicted molar refractivity (Wildman–Crippen MR) is 120 cm³/mol. The van der Waals surface area contributed by atoms with E-state index in [1.54, 1.807) is 30.3 Å². The van der Waals surface area contributed by atoms with E-state index in [4.69, 9.17) is 20.0 Å². The van der Waals surface area contributed by atoms with E-state index in [-0.39, 0.29) is 24.6 Å². The molecule has 8 heteroatoms. The number of phenolic OH excluding ortho intramolecular Hbond substituents is 1. The number of ketones is 1.